The molecule has 0 fully saturated rings. The molecule has 1 aliphatic heterocycles. The molecule has 0 radical (unpaired) electrons. The Morgan fingerprint density at radius 2 is 2.19 bits per heavy atom. The van der Waals surface area contributed by atoms with Crippen molar-refractivity contribution in [3.05, 3.63) is 22.8 Å². The van der Waals surface area contributed by atoms with Crippen molar-refractivity contribution in [1.82, 2.24) is 0 Å². The predicted octanol–water partition coefficient (Wildman–Crippen LogP) is 1.79. The molecule has 4 nitrogen and oxygen atoms in total. The Labute approximate surface area is 93.5 Å². The van der Waals surface area contributed by atoms with E-state index in [1.165, 1.54) is 0 Å². The first-order valence-electron chi connectivity index (χ1n) is 5.19. The zero-order chi connectivity index (χ0) is 11.9. The van der Waals surface area contributed by atoms with E-state index < -0.39 is 5.97 Å². The lowest BCUT2D eigenvalue weighted by Crippen LogP contribution is -2.17. The van der Waals surface area contributed by atoms with Crippen molar-refractivity contribution in [1.29, 1.82) is 0 Å². The van der Waals surface area contributed by atoms with Crippen molar-refractivity contribution in [3.63, 3.8) is 0 Å². The summed E-state index contributed by atoms with van der Waals surface area (Å²) in [6.45, 7) is 3.69. The molecule has 1 aliphatic rings. The summed E-state index contributed by atoms with van der Waals surface area (Å²) >= 11 is 0. The second-order valence-electron chi connectivity index (χ2n) is 4.18. The highest BCUT2D eigenvalue weighted by Crippen LogP contribution is 2.38. The molecule has 2 rings (SSSR count). The van der Waals surface area contributed by atoms with E-state index >= 15 is 0 Å². The summed E-state index contributed by atoms with van der Waals surface area (Å²) in [6, 6.07) is 1.67. The smallest absolute Gasteiger partial charge is 0.307 e. The van der Waals surface area contributed by atoms with Crippen LogP contribution in [0.25, 0.3) is 0 Å². The Morgan fingerprint density at radius 3 is 2.81 bits per heavy atom. The zero-order valence-corrected chi connectivity index (χ0v) is 9.28. The molecular formula is C12H14O4. The number of fused-ring (bicyclic) bond motifs is 1. The van der Waals surface area contributed by atoms with Gasteiger partial charge in [0.05, 0.1) is 6.42 Å². The molecule has 1 atom stereocenters. The lowest BCUT2D eigenvalue weighted by atomic mass is 10.0. The van der Waals surface area contributed by atoms with Crippen LogP contribution in [0.1, 0.15) is 23.1 Å². The molecule has 0 spiro atoms. The highest BCUT2D eigenvalue weighted by Gasteiger charge is 2.27. The molecular weight excluding hydrogens is 208 g/mol. The van der Waals surface area contributed by atoms with Gasteiger partial charge < -0.3 is 14.9 Å². The van der Waals surface area contributed by atoms with Crippen LogP contribution in [0, 0.1) is 13.8 Å². The summed E-state index contributed by atoms with van der Waals surface area (Å²) in [7, 11) is 0. The molecule has 1 aromatic carbocycles. The maximum atomic E-state index is 10.6. The topological polar surface area (TPSA) is 66.8 Å². The molecule has 1 heterocycles. The summed E-state index contributed by atoms with van der Waals surface area (Å²) in [4.78, 5) is 10.6. The van der Waals surface area contributed by atoms with Crippen LogP contribution in [-0.2, 0) is 11.2 Å². The van der Waals surface area contributed by atoms with Gasteiger partial charge in [-0.05, 0) is 31.0 Å². The van der Waals surface area contributed by atoms with Gasteiger partial charge in [0.25, 0.3) is 0 Å². The normalized spacial score (nSPS) is 18.0. The number of carboxylic acid groups (broad SMARTS) is 1. The molecule has 86 valence electrons. The highest BCUT2D eigenvalue weighted by atomic mass is 16.5. The number of carboxylic acids is 1. The maximum absolute atomic E-state index is 10.6. The fraction of sp³-hybridized carbons (Fsp3) is 0.417. The van der Waals surface area contributed by atoms with Crippen molar-refractivity contribution < 1.29 is 19.7 Å². The Hall–Kier alpha value is -1.71. The zero-order valence-electron chi connectivity index (χ0n) is 9.28. The second-order valence-corrected chi connectivity index (χ2v) is 4.18. The van der Waals surface area contributed by atoms with E-state index in [-0.39, 0.29) is 18.3 Å². The maximum Gasteiger partial charge on any atom is 0.307 e. The molecule has 0 aromatic heterocycles. The van der Waals surface area contributed by atoms with E-state index in [9.17, 15) is 9.90 Å². The summed E-state index contributed by atoms with van der Waals surface area (Å²) in [5.41, 5.74) is 2.57. The number of rotatable bonds is 2. The summed E-state index contributed by atoms with van der Waals surface area (Å²) in [6.07, 6.45) is 0.233. The molecule has 4 heteroatoms. The molecule has 16 heavy (non-hydrogen) atoms. The van der Waals surface area contributed by atoms with E-state index in [0.717, 1.165) is 22.4 Å². The van der Waals surface area contributed by atoms with Crippen molar-refractivity contribution in [3.8, 4) is 11.5 Å². The number of aromatic hydroxyl groups is 1. The first kappa shape index (κ1) is 10.8. The third-order valence-electron chi connectivity index (χ3n) is 3.02. The quantitative estimate of drug-likeness (QED) is 0.800. The molecule has 0 aliphatic carbocycles. The number of phenolic OH excluding ortho intramolecular Hbond substituents is 1. The van der Waals surface area contributed by atoms with Crippen LogP contribution < -0.4 is 4.74 Å². The van der Waals surface area contributed by atoms with Crippen LogP contribution in [-0.4, -0.2) is 22.3 Å². The highest BCUT2D eigenvalue weighted by molar-refractivity contribution is 5.68. The van der Waals surface area contributed by atoms with Crippen molar-refractivity contribution >= 4 is 5.97 Å². The van der Waals surface area contributed by atoms with Gasteiger partial charge in [0, 0.05) is 12.0 Å². The van der Waals surface area contributed by atoms with Crippen LogP contribution in [0.5, 0.6) is 11.5 Å². The molecule has 0 amide bonds. The Kier molecular flexibility index (Phi) is 2.50. The molecule has 2 N–H and O–H groups in total. The van der Waals surface area contributed by atoms with Gasteiger partial charge >= 0.3 is 5.97 Å². The first-order valence-corrected chi connectivity index (χ1v) is 5.19. The van der Waals surface area contributed by atoms with Crippen molar-refractivity contribution in [2.75, 3.05) is 0 Å². The van der Waals surface area contributed by atoms with Gasteiger partial charge in [-0.2, -0.15) is 0 Å². The number of ether oxygens (including phenoxy) is 1. The van der Waals surface area contributed by atoms with Crippen LogP contribution in [0.4, 0.5) is 0 Å². The van der Waals surface area contributed by atoms with E-state index in [4.69, 9.17) is 9.84 Å². The summed E-state index contributed by atoms with van der Waals surface area (Å²) < 4.78 is 5.59. The number of hydrogen-bond donors (Lipinski definition) is 2. The Balaban J connectivity index is 2.31. The molecule has 1 unspecified atom stereocenters. The lowest BCUT2D eigenvalue weighted by molar-refractivity contribution is -0.138. The molecule has 0 bridgehead atoms. The fourth-order valence-electron chi connectivity index (χ4n) is 2.02. The van der Waals surface area contributed by atoms with Crippen LogP contribution in [0.2, 0.25) is 0 Å². The van der Waals surface area contributed by atoms with E-state index in [2.05, 4.69) is 0 Å². The van der Waals surface area contributed by atoms with Gasteiger partial charge in [0.1, 0.15) is 17.6 Å². The first-order chi connectivity index (χ1) is 7.49. The van der Waals surface area contributed by atoms with Gasteiger partial charge in [-0.1, -0.05) is 0 Å². The fourth-order valence-corrected chi connectivity index (χ4v) is 2.02. The van der Waals surface area contributed by atoms with Crippen LogP contribution in [0.15, 0.2) is 6.07 Å². The number of hydrogen-bond acceptors (Lipinski definition) is 3. The van der Waals surface area contributed by atoms with Crippen LogP contribution >= 0.6 is 0 Å². The molecule has 1 aromatic rings. The summed E-state index contributed by atoms with van der Waals surface area (Å²) in [5, 5.41) is 18.4. The summed E-state index contributed by atoms with van der Waals surface area (Å²) in [5.74, 6) is 0.119. The van der Waals surface area contributed by atoms with Gasteiger partial charge in [0.15, 0.2) is 0 Å². The standard InChI is InChI=1S/C12H14O4/c1-6-7(2)12-8(4-10(6)13)3-9(16-12)5-11(14)15/h4,9,13H,3,5H2,1-2H3,(H,14,15). The third kappa shape index (κ3) is 1.71. The van der Waals surface area contributed by atoms with Gasteiger partial charge in [-0.15, -0.1) is 0 Å². The lowest BCUT2D eigenvalue weighted by Gasteiger charge is -2.10. The number of carbonyl (C=O) groups is 1. The van der Waals surface area contributed by atoms with E-state index in [0.29, 0.717) is 6.42 Å². The minimum absolute atomic E-state index is 0.00602. The van der Waals surface area contributed by atoms with E-state index in [1.807, 2.05) is 13.8 Å². The third-order valence-corrected chi connectivity index (χ3v) is 3.02. The van der Waals surface area contributed by atoms with E-state index in [1.54, 1.807) is 6.07 Å². The average molecular weight is 222 g/mol. The number of aliphatic carboxylic acids is 1. The van der Waals surface area contributed by atoms with Gasteiger partial charge in [0.2, 0.25) is 0 Å². The largest absolute Gasteiger partial charge is 0.508 e. The average Bonchev–Trinajstić information content (AvgIpc) is 2.56. The molecule has 0 saturated carbocycles. The van der Waals surface area contributed by atoms with Crippen molar-refractivity contribution in [2.45, 2.75) is 32.8 Å². The number of phenols is 1. The Morgan fingerprint density at radius 1 is 1.50 bits per heavy atom. The van der Waals surface area contributed by atoms with Crippen molar-refractivity contribution in [2.24, 2.45) is 0 Å². The monoisotopic (exact) mass is 222 g/mol. The predicted molar refractivity (Wildman–Crippen MR) is 58.0 cm³/mol. The minimum atomic E-state index is -0.864. The Bertz CT molecular complexity index is 451. The van der Waals surface area contributed by atoms with Crippen LogP contribution in [0.3, 0.4) is 0 Å². The minimum Gasteiger partial charge on any atom is -0.508 e. The second kappa shape index (κ2) is 3.70. The SMILES string of the molecule is Cc1c(O)cc2c(c1C)OC(CC(=O)O)C2. The number of benzene rings is 1. The molecule has 0 saturated heterocycles. The van der Waals surface area contributed by atoms with Gasteiger partial charge in [-0.25, -0.2) is 0 Å². The van der Waals surface area contributed by atoms with Gasteiger partial charge in [-0.3, -0.25) is 4.79 Å².